The number of aliphatic hydroxyl groups excluding tert-OH is 1. The average molecular weight is 181 g/mol. The normalized spacial score (nSPS) is 7.30. The number of aliphatic hydroxyl groups is 1. The molecule has 0 aromatic heterocycles. The zero-order valence-electron chi connectivity index (χ0n) is 3.94. The van der Waals surface area contributed by atoms with E-state index in [2.05, 4.69) is 6.92 Å². The van der Waals surface area contributed by atoms with Crippen LogP contribution in [0, 0.1) is 6.92 Å². The monoisotopic (exact) mass is 181 g/mol. The zero-order valence-corrected chi connectivity index (χ0v) is 3.94. The second-order valence-corrected chi connectivity index (χ2v) is 1.21. The molecular weight excluding hydrogens is 168 g/mol. The Morgan fingerprint density at radius 3 is 1.60 bits per heavy atom. The molecule has 0 atom stereocenters. The average Bonchev–Trinajstić information content (AvgIpc) is 1.65. The summed E-state index contributed by atoms with van der Waals surface area (Å²) >= 11 is 0. The minimum absolute atomic E-state index is 0. The van der Waals surface area contributed by atoms with Crippen molar-refractivity contribution < 1.29 is 5.11 Å². The first-order valence-corrected chi connectivity index (χ1v) is 1.87. The molecule has 0 saturated heterocycles. The van der Waals surface area contributed by atoms with Crippen LogP contribution in [0.3, 0.4) is 0 Å². The van der Waals surface area contributed by atoms with Gasteiger partial charge in [0.05, 0.1) is 6.61 Å². The predicted octanol–water partition coefficient (Wildman–Crippen LogP) is -1.83. The molecule has 10 heavy (non-hydrogen) atoms. The van der Waals surface area contributed by atoms with Crippen molar-refractivity contribution in [2.75, 3.05) is 6.61 Å². The second-order valence-electron chi connectivity index (χ2n) is 1.21. The molecule has 1 radical (unpaired) electrons. The zero-order chi connectivity index (χ0) is 4.99. The van der Waals surface area contributed by atoms with Crippen molar-refractivity contribution in [3.63, 3.8) is 0 Å². The van der Waals surface area contributed by atoms with Gasteiger partial charge in [-0.2, -0.15) is 0 Å². The SMILES string of the molecule is [CH2]/C=C(\C)CO.[NaH].[NaH].[NaH].[NaH]. The topological polar surface area (TPSA) is 20.2 Å². The third kappa shape index (κ3) is 22.6. The summed E-state index contributed by atoms with van der Waals surface area (Å²) < 4.78 is 0. The second kappa shape index (κ2) is 23.0. The summed E-state index contributed by atoms with van der Waals surface area (Å²) in [7, 11) is 0. The van der Waals surface area contributed by atoms with Crippen LogP contribution in [0.5, 0.6) is 0 Å². The van der Waals surface area contributed by atoms with E-state index >= 15 is 0 Å². The molecule has 0 aromatic rings. The van der Waals surface area contributed by atoms with E-state index in [1.807, 2.05) is 6.92 Å². The Labute approximate surface area is 152 Å². The van der Waals surface area contributed by atoms with E-state index in [0.717, 1.165) is 5.57 Å². The molecule has 0 saturated carbocycles. The third-order valence-electron chi connectivity index (χ3n) is 0.598. The molecule has 0 aliphatic rings. The van der Waals surface area contributed by atoms with Gasteiger partial charge in [0.2, 0.25) is 0 Å². The standard InChI is InChI=1S/C5H9O.4Na.4H/c1-3-5(2)4-6;;;;;;;;/h3,6H,1,4H2,2H3;;;;;;;;/b5-3+;;;;;;;;. The van der Waals surface area contributed by atoms with E-state index in [1.54, 1.807) is 6.08 Å². The summed E-state index contributed by atoms with van der Waals surface area (Å²) in [5, 5.41) is 8.23. The van der Waals surface area contributed by atoms with Gasteiger partial charge in [-0.25, -0.2) is 0 Å². The van der Waals surface area contributed by atoms with Gasteiger partial charge in [-0.05, 0) is 13.8 Å². The van der Waals surface area contributed by atoms with Crippen LogP contribution >= 0.6 is 0 Å². The molecule has 1 nitrogen and oxygen atoms in total. The van der Waals surface area contributed by atoms with Gasteiger partial charge in [0.25, 0.3) is 0 Å². The fourth-order valence-corrected chi connectivity index (χ4v) is 0.0645. The molecule has 0 aliphatic carbocycles. The molecule has 43 valence electrons. The Hall–Kier alpha value is 3.70. The summed E-state index contributed by atoms with van der Waals surface area (Å²) in [6.45, 7) is 5.39. The maximum absolute atomic E-state index is 8.23. The van der Waals surface area contributed by atoms with Crippen molar-refractivity contribution >= 4 is 118 Å². The molecule has 0 heterocycles. The van der Waals surface area contributed by atoms with Crippen LogP contribution in [0.15, 0.2) is 11.6 Å². The van der Waals surface area contributed by atoms with Gasteiger partial charge < -0.3 is 5.11 Å². The molecule has 0 spiro atoms. The van der Waals surface area contributed by atoms with Crippen LogP contribution in [0.2, 0.25) is 0 Å². The quantitative estimate of drug-likeness (QED) is 0.471. The van der Waals surface area contributed by atoms with Crippen molar-refractivity contribution in [1.29, 1.82) is 0 Å². The van der Waals surface area contributed by atoms with Crippen LogP contribution in [0.1, 0.15) is 6.92 Å². The number of hydrogen-bond acceptors (Lipinski definition) is 1. The Bertz CT molecular complexity index is 64.7. The van der Waals surface area contributed by atoms with Crippen molar-refractivity contribution in [2.45, 2.75) is 6.92 Å². The first-order chi connectivity index (χ1) is 2.81. The molecule has 5 heteroatoms. The van der Waals surface area contributed by atoms with E-state index in [0.29, 0.717) is 0 Å². The van der Waals surface area contributed by atoms with Gasteiger partial charge in [-0.3, -0.25) is 0 Å². The maximum atomic E-state index is 8.23. The molecular formula is C5H13Na4O. The van der Waals surface area contributed by atoms with Crippen molar-refractivity contribution in [1.82, 2.24) is 0 Å². The van der Waals surface area contributed by atoms with Crippen LogP contribution in [0.25, 0.3) is 0 Å². The number of hydrogen-bond donors (Lipinski definition) is 1. The molecule has 1 N–H and O–H groups in total. The van der Waals surface area contributed by atoms with Gasteiger partial charge in [0.1, 0.15) is 0 Å². The number of allylic oxidation sites excluding steroid dienone is 1. The Morgan fingerprint density at radius 1 is 1.30 bits per heavy atom. The first-order valence-electron chi connectivity index (χ1n) is 1.87. The van der Waals surface area contributed by atoms with Crippen LogP contribution < -0.4 is 0 Å². The summed E-state index contributed by atoms with van der Waals surface area (Å²) in [5.74, 6) is 0. The molecule has 0 fully saturated rings. The van der Waals surface area contributed by atoms with Gasteiger partial charge in [-0.15, -0.1) is 0 Å². The molecule has 0 unspecified atom stereocenters. The minimum atomic E-state index is 0. The van der Waals surface area contributed by atoms with Gasteiger partial charge in [0, 0.05) is 0 Å². The van der Waals surface area contributed by atoms with Gasteiger partial charge in [0.15, 0.2) is 0 Å². The van der Waals surface area contributed by atoms with Crippen LogP contribution in [-0.2, 0) is 0 Å². The Kier molecular flexibility index (Phi) is 67.1. The predicted molar refractivity (Wildman–Crippen MR) is 54.8 cm³/mol. The van der Waals surface area contributed by atoms with E-state index in [-0.39, 0.29) is 125 Å². The van der Waals surface area contributed by atoms with Crippen molar-refractivity contribution in [2.24, 2.45) is 0 Å². The van der Waals surface area contributed by atoms with Crippen LogP contribution in [0.4, 0.5) is 0 Å². The Balaban J connectivity index is -0.0000000208. The molecule has 0 aromatic carbocycles. The summed E-state index contributed by atoms with van der Waals surface area (Å²) in [4.78, 5) is 0. The molecule has 0 rings (SSSR count). The molecule has 0 bridgehead atoms. The fraction of sp³-hybridized carbons (Fsp3) is 0.400. The van der Waals surface area contributed by atoms with E-state index in [9.17, 15) is 0 Å². The van der Waals surface area contributed by atoms with E-state index in [4.69, 9.17) is 5.11 Å². The number of rotatable bonds is 1. The third-order valence-corrected chi connectivity index (χ3v) is 0.598. The molecule has 0 amide bonds. The molecule has 0 aliphatic heterocycles. The summed E-state index contributed by atoms with van der Waals surface area (Å²) in [6, 6.07) is 0. The van der Waals surface area contributed by atoms with Crippen molar-refractivity contribution in [3.05, 3.63) is 18.6 Å². The van der Waals surface area contributed by atoms with Gasteiger partial charge in [-0.1, -0.05) is 11.6 Å². The fourth-order valence-electron chi connectivity index (χ4n) is 0.0645. The first kappa shape index (κ1) is 29.2. The van der Waals surface area contributed by atoms with Crippen molar-refractivity contribution in [3.8, 4) is 0 Å². The summed E-state index contributed by atoms with van der Waals surface area (Å²) in [5.41, 5.74) is 0.912. The van der Waals surface area contributed by atoms with E-state index < -0.39 is 0 Å². The van der Waals surface area contributed by atoms with E-state index in [1.165, 1.54) is 0 Å². The van der Waals surface area contributed by atoms with Crippen LogP contribution in [-0.4, -0.2) is 130 Å². The summed E-state index contributed by atoms with van der Waals surface area (Å²) in [6.07, 6.45) is 1.64. The van der Waals surface area contributed by atoms with Gasteiger partial charge >= 0.3 is 118 Å². The Morgan fingerprint density at radius 2 is 1.60 bits per heavy atom.